The predicted molar refractivity (Wildman–Crippen MR) is 188 cm³/mol. The highest BCUT2D eigenvalue weighted by atomic mass is 32.2. The molecule has 1 rings (SSSR count). The van der Waals surface area contributed by atoms with Crippen LogP contribution >= 0.6 is 0 Å². The summed E-state index contributed by atoms with van der Waals surface area (Å²) in [5.74, 6) is 0.145. The van der Waals surface area contributed by atoms with Crippen molar-refractivity contribution in [1.29, 1.82) is 0 Å². The van der Waals surface area contributed by atoms with E-state index < -0.39 is 9.84 Å². The summed E-state index contributed by atoms with van der Waals surface area (Å²) in [6.45, 7) is 29.6. The normalized spacial score (nSPS) is 9.07. The number of nitrogens with zero attached hydrogens (tertiary/aromatic N) is 3. The molecule has 2 amide bonds. The van der Waals surface area contributed by atoms with Crippen LogP contribution in [-0.2, 0) is 24.2 Å². The summed E-state index contributed by atoms with van der Waals surface area (Å²) in [6.07, 6.45) is 10.8. The number of aromatic nitrogens is 1. The molecule has 252 valence electrons. The number of methoxy groups -OCH3 is 1. The Bertz CT molecular complexity index is 925. The summed E-state index contributed by atoms with van der Waals surface area (Å²) in [7, 11) is 1.78. The van der Waals surface area contributed by atoms with E-state index in [0.29, 0.717) is 43.8 Å². The number of hydrogen-bond acceptors (Lipinski definition) is 6. The van der Waals surface area contributed by atoms with Crippen molar-refractivity contribution in [2.45, 2.75) is 94.9 Å². The van der Waals surface area contributed by atoms with E-state index in [0.717, 1.165) is 12.0 Å². The fraction of sp³-hybridized carbons (Fsp3) is 0.636. The standard InChI is InChI=1S/C10H19NO3S.C8H9N.C6H10N2O.C3H8.C2H6O.2C2H6/c1-4-6-10(2)15(13,14)8-5-7-11(3)9-12;1-3-8-4-5-9-6-7(8)2;1-3-6(9)8-5-4-7-2;2*1-3-2;2*1-2/h6,9H,4-5,7-8H2,1-3H3;3-6H,1H2,2H3;2H,3-5H2,1H3;3H2,1-2H3;1-2H3;2*1-2H3/p+1/b10-6+;;;;;;. The Balaban J connectivity index is -0.000000106. The predicted octanol–water partition coefficient (Wildman–Crippen LogP) is 7.43. The highest BCUT2D eigenvalue weighted by molar-refractivity contribution is 7.95. The molecular formula is C33H65N4O5S+. The number of ether oxygens (including phenoxy) is 1. The van der Waals surface area contributed by atoms with Crippen LogP contribution in [0.4, 0.5) is 0 Å². The third-order valence-corrected chi connectivity index (χ3v) is 6.23. The molecule has 0 bridgehead atoms. The number of rotatable bonds is 11. The summed E-state index contributed by atoms with van der Waals surface area (Å²) >= 11 is 0. The van der Waals surface area contributed by atoms with Gasteiger partial charge in [-0.05, 0) is 43.9 Å². The average Bonchev–Trinajstić information content (AvgIpc) is 3.01. The molecular weight excluding hydrogens is 564 g/mol. The molecule has 43 heavy (non-hydrogen) atoms. The summed E-state index contributed by atoms with van der Waals surface area (Å²) in [5, 5.41) is 2.62. The molecule has 1 heterocycles. The van der Waals surface area contributed by atoms with Gasteiger partial charge in [-0.3, -0.25) is 14.6 Å². The van der Waals surface area contributed by atoms with Crippen LogP contribution in [0.25, 0.3) is 10.9 Å². The van der Waals surface area contributed by atoms with E-state index >= 15 is 0 Å². The van der Waals surface area contributed by atoms with Gasteiger partial charge in [-0.25, -0.2) is 8.42 Å². The van der Waals surface area contributed by atoms with E-state index in [-0.39, 0.29) is 11.7 Å². The second-order valence-electron chi connectivity index (χ2n) is 8.14. The van der Waals surface area contributed by atoms with Gasteiger partial charge < -0.3 is 15.0 Å². The van der Waals surface area contributed by atoms with E-state index in [1.165, 1.54) is 16.9 Å². The average molecular weight is 630 g/mol. The molecule has 0 fully saturated rings. The molecule has 0 atom stereocenters. The zero-order chi connectivity index (χ0) is 35.1. The molecule has 0 aromatic carbocycles. The van der Waals surface area contributed by atoms with E-state index in [1.807, 2.05) is 59.9 Å². The van der Waals surface area contributed by atoms with E-state index in [1.54, 1.807) is 47.4 Å². The first-order valence-electron chi connectivity index (χ1n) is 15.0. The van der Waals surface area contributed by atoms with Gasteiger partial charge in [0.15, 0.2) is 9.84 Å². The van der Waals surface area contributed by atoms with Crippen molar-refractivity contribution >= 4 is 28.2 Å². The number of sulfone groups is 1. The first kappa shape index (κ1) is 52.6. The number of allylic oxidation sites excluding steroid dienone is 2. The van der Waals surface area contributed by atoms with Gasteiger partial charge in [0.05, 0.1) is 12.3 Å². The van der Waals surface area contributed by atoms with Gasteiger partial charge >= 0.3 is 0 Å². The molecule has 1 N–H and O–H groups in total. The van der Waals surface area contributed by atoms with Gasteiger partial charge in [0.1, 0.15) is 0 Å². The molecule has 0 aliphatic carbocycles. The molecule has 0 spiro atoms. The number of carbonyl (C=O) groups is 2. The lowest BCUT2D eigenvalue weighted by molar-refractivity contribution is -0.120. The maximum Gasteiger partial charge on any atom is 0.280 e. The SMILES string of the molecule is C#[N+]CCNC(=O)CC.C=Cc1ccncc1C.CC.CC.CC/C=C(\C)S(=O)(=O)CCCN(C)C=O.CCC.COC. The quantitative estimate of drug-likeness (QED) is 0.201. The summed E-state index contributed by atoms with van der Waals surface area (Å²) in [4.78, 5) is 29.9. The zero-order valence-electron chi connectivity index (χ0n) is 29.7. The van der Waals surface area contributed by atoms with Gasteiger partial charge in [-0.1, -0.05) is 85.4 Å². The highest BCUT2D eigenvalue weighted by Crippen LogP contribution is 2.09. The molecule has 10 heteroatoms. The molecule has 1 aromatic heterocycles. The molecule has 0 aliphatic heterocycles. The first-order chi connectivity index (χ1) is 20.4. The molecule has 0 aliphatic rings. The Labute approximate surface area is 265 Å². The summed E-state index contributed by atoms with van der Waals surface area (Å²) < 4.78 is 27.5. The zero-order valence-corrected chi connectivity index (χ0v) is 30.5. The largest absolute Gasteiger partial charge is 0.388 e. The molecule has 0 saturated carbocycles. The molecule has 1 aromatic rings. The number of pyridine rings is 1. The lowest BCUT2D eigenvalue weighted by atomic mass is 10.2. The van der Waals surface area contributed by atoms with Crippen molar-refractivity contribution in [3.05, 3.63) is 52.0 Å². The smallest absolute Gasteiger partial charge is 0.280 e. The second-order valence-corrected chi connectivity index (χ2v) is 10.4. The summed E-state index contributed by atoms with van der Waals surface area (Å²) in [5.41, 5.74) is 2.33. The Hall–Kier alpha value is -3.03. The third kappa shape index (κ3) is 43.6. The number of aryl methyl sites for hydroxylation is 1. The van der Waals surface area contributed by atoms with Gasteiger partial charge in [0.25, 0.3) is 13.1 Å². The van der Waals surface area contributed by atoms with Crippen molar-refractivity contribution in [2.24, 2.45) is 0 Å². The van der Waals surface area contributed by atoms with Crippen LogP contribution in [0.3, 0.4) is 0 Å². The highest BCUT2D eigenvalue weighted by Gasteiger charge is 2.12. The van der Waals surface area contributed by atoms with Crippen molar-refractivity contribution in [3.8, 4) is 6.57 Å². The Morgan fingerprint density at radius 1 is 1.16 bits per heavy atom. The minimum absolute atomic E-state index is 0.0404. The number of amides is 2. The van der Waals surface area contributed by atoms with Crippen molar-refractivity contribution in [2.75, 3.05) is 46.7 Å². The van der Waals surface area contributed by atoms with Crippen LogP contribution in [-0.4, -0.2) is 77.3 Å². The third-order valence-electron chi connectivity index (χ3n) is 4.25. The van der Waals surface area contributed by atoms with Crippen LogP contribution in [0.5, 0.6) is 0 Å². The lowest BCUT2D eigenvalue weighted by Crippen LogP contribution is -2.24. The van der Waals surface area contributed by atoms with Crippen molar-refractivity contribution in [3.63, 3.8) is 0 Å². The minimum Gasteiger partial charge on any atom is -0.388 e. The van der Waals surface area contributed by atoms with Crippen LogP contribution in [0.15, 0.2) is 36.0 Å². The van der Waals surface area contributed by atoms with Gasteiger partial charge in [-0.15, -0.1) is 0 Å². The van der Waals surface area contributed by atoms with Crippen molar-refractivity contribution in [1.82, 2.24) is 15.2 Å². The minimum atomic E-state index is -3.11. The van der Waals surface area contributed by atoms with Gasteiger partial charge in [0, 0.05) is 51.5 Å². The van der Waals surface area contributed by atoms with Crippen molar-refractivity contribution < 1.29 is 22.7 Å². The molecule has 0 unspecified atom stereocenters. The fourth-order valence-electron chi connectivity index (χ4n) is 2.23. The van der Waals surface area contributed by atoms with Crippen LogP contribution < -0.4 is 5.32 Å². The monoisotopic (exact) mass is 629 g/mol. The molecule has 0 saturated heterocycles. The molecule has 9 nitrogen and oxygen atoms in total. The molecule has 0 radical (unpaired) electrons. The van der Waals surface area contributed by atoms with Crippen LogP contribution in [0.2, 0.25) is 0 Å². The van der Waals surface area contributed by atoms with Crippen LogP contribution in [0.1, 0.15) is 99.1 Å². The first-order valence-corrected chi connectivity index (χ1v) is 16.7. The summed E-state index contributed by atoms with van der Waals surface area (Å²) in [6, 6.07) is 1.95. The number of carbonyl (C=O) groups excluding carboxylic acids is 2. The van der Waals surface area contributed by atoms with E-state index in [4.69, 9.17) is 6.57 Å². The number of hydrogen-bond donors (Lipinski definition) is 1. The Morgan fingerprint density at radius 3 is 2.02 bits per heavy atom. The van der Waals surface area contributed by atoms with Crippen LogP contribution in [0, 0.1) is 13.5 Å². The lowest BCUT2D eigenvalue weighted by Gasteiger charge is -2.10. The van der Waals surface area contributed by atoms with E-state index in [9.17, 15) is 18.0 Å². The fourth-order valence-corrected chi connectivity index (χ4v) is 3.48. The Morgan fingerprint density at radius 2 is 1.67 bits per heavy atom. The van der Waals surface area contributed by atoms with Gasteiger partial charge in [0.2, 0.25) is 12.3 Å². The van der Waals surface area contributed by atoms with E-state index in [2.05, 4.69) is 40.3 Å². The maximum absolute atomic E-state index is 11.6. The Kier molecular flexibility index (Phi) is 53.1. The van der Waals surface area contributed by atoms with Gasteiger partial charge in [-0.2, -0.15) is 0 Å². The second kappa shape index (κ2) is 43.4. The topological polar surface area (TPSA) is 110 Å². The number of nitrogens with one attached hydrogen (secondary N) is 1. The maximum atomic E-state index is 11.6.